The molecular formula is C13H28N2. The summed E-state index contributed by atoms with van der Waals surface area (Å²) in [4.78, 5) is 2.63. The van der Waals surface area contributed by atoms with Crippen LogP contribution >= 0.6 is 0 Å². The lowest BCUT2D eigenvalue weighted by Crippen LogP contribution is -2.56. The van der Waals surface area contributed by atoms with Crippen LogP contribution in [0.15, 0.2) is 0 Å². The van der Waals surface area contributed by atoms with Crippen molar-refractivity contribution in [3.05, 3.63) is 0 Å². The zero-order valence-corrected chi connectivity index (χ0v) is 10.9. The Bertz CT molecular complexity index is 191. The first kappa shape index (κ1) is 13.0. The Balaban J connectivity index is 2.77. The molecule has 0 heterocycles. The topological polar surface area (TPSA) is 29.3 Å². The molecule has 0 aromatic carbocycles. The van der Waals surface area contributed by atoms with Crippen LogP contribution in [0.25, 0.3) is 0 Å². The summed E-state index contributed by atoms with van der Waals surface area (Å²) < 4.78 is 0. The van der Waals surface area contributed by atoms with Crippen LogP contribution in [0.1, 0.15) is 47.0 Å². The van der Waals surface area contributed by atoms with Crippen molar-refractivity contribution in [2.45, 2.75) is 52.5 Å². The highest BCUT2D eigenvalue weighted by Gasteiger charge is 2.43. The smallest absolute Gasteiger partial charge is 0.0357 e. The fourth-order valence-electron chi connectivity index (χ4n) is 3.20. The molecule has 0 spiro atoms. The molecule has 1 rings (SSSR count). The molecule has 90 valence electrons. The van der Waals surface area contributed by atoms with Gasteiger partial charge in [0.15, 0.2) is 0 Å². The molecule has 2 nitrogen and oxygen atoms in total. The van der Waals surface area contributed by atoms with Crippen molar-refractivity contribution in [2.75, 3.05) is 19.6 Å². The van der Waals surface area contributed by atoms with E-state index in [4.69, 9.17) is 5.73 Å². The van der Waals surface area contributed by atoms with Gasteiger partial charge in [0.2, 0.25) is 0 Å². The minimum atomic E-state index is 0.305. The molecule has 0 radical (unpaired) electrons. The summed E-state index contributed by atoms with van der Waals surface area (Å²) in [6.07, 6.45) is 4.00. The quantitative estimate of drug-likeness (QED) is 0.758. The largest absolute Gasteiger partial charge is 0.329 e. The third-order valence-corrected chi connectivity index (χ3v) is 4.11. The maximum absolute atomic E-state index is 6.07. The van der Waals surface area contributed by atoms with Crippen LogP contribution in [-0.2, 0) is 0 Å². The average molecular weight is 212 g/mol. The summed E-state index contributed by atoms with van der Waals surface area (Å²) in [5, 5.41) is 0. The number of nitrogens with zero attached hydrogens (tertiary/aromatic N) is 1. The number of hydrogen-bond acceptors (Lipinski definition) is 2. The fourth-order valence-corrected chi connectivity index (χ4v) is 3.20. The van der Waals surface area contributed by atoms with Gasteiger partial charge in [-0.25, -0.2) is 0 Å². The molecule has 1 saturated carbocycles. The maximum atomic E-state index is 6.07. The Morgan fingerprint density at radius 1 is 1.47 bits per heavy atom. The molecule has 0 bridgehead atoms. The molecule has 2 N–H and O–H groups in total. The van der Waals surface area contributed by atoms with E-state index in [9.17, 15) is 0 Å². The molecule has 2 unspecified atom stereocenters. The van der Waals surface area contributed by atoms with Crippen molar-refractivity contribution < 1.29 is 0 Å². The van der Waals surface area contributed by atoms with Crippen molar-refractivity contribution in [1.29, 1.82) is 0 Å². The van der Waals surface area contributed by atoms with E-state index in [-0.39, 0.29) is 0 Å². The van der Waals surface area contributed by atoms with Gasteiger partial charge in [0.25, 0.3) is 0 Å². The molecule has 2 atom stereocenters. The highest BCUT2D eigenvalue weighted by Crippen LogP contribution is 2.39. The Labute approximate surface area is 95.2 Å². The second-order valence-electron chi connectivity index (χ2n) is 5.53. The highest BCUT2D eigenvalue weighted by atomic mass is 15.2. The van der Waals surface area contributed by atoms with E-state index in [1.54, 1.807) is 0 Å². The zero-order chi connectivity index (χ0) is 11.5. The van der Waals surface area contributed by atoms with Gasteiger partial charge < -0.3 is 5.73 Å². The Kier molecular flexibility index (Phi) is 4.60. The Hall–Kier alpha value is -0.0800. The highest BCUT2D eigenvalue weighted by molar-refractivity contribution is 5.00. The molecule has 1 aliphatic rings. The van der Waals surface area contributed by atoms with Gasteiger partial charge in [0.1, 0.15) is 0 Å². The average Bonchev–Trinajstić information content (AvgIpc) is 2.57. The first-order valence-corrected chi connectivity index (χ1v) is 6.52. The zero-order valence-electron chi connectivity index (χ0n) is 10.9. The second kappa shape index (κ2) is 5.31. The third-order valence-electron chi connectivity index (χ3n) is 4.11. The molecular weight excluding hydrogens is 184 g/mol. The Morgan fingerprint density at radius 2 is 2.13 bits per heavy atom. The molecule has 1 aliphatic carbocycles. The van der Waals surface area contributed by atoms with Gasteiger partial charge in [-0.05, 0) is 31.2 Å². The van der Waals surface area contributed by atoms with Crippen LogP contribution in [-0.4, -0.2) is 30.1 Å². The summed E-state index contributed by atoms with van der Waals surface area (Å²) in [6.45, 7) is 12.4. The van der Waals surface area contributed by atoms with Crippen LogP contribution in [0, 0.1) is 11.8 Å². The minimum Gasteiger partial charge on any atom is -0.329 e. The monoisotopic (exact) mass is 212 g/mol. The normalized spacial score (nSPS) is 31.8. The van der Waals surface area contributed by atoms with E-state index in [2.05, 4.69) is 32.6 Å². The lowest BCUT2D eigenvalue weighted by Gasteiger charge is -2.44. The fraction of sp³-hybridized carbons (Fsp3) is 1.00. The SMILES string of the molecule is CCN(CC(C)C)C1(CN)CCCC1C. The summed E-state index contributed by atoms with van der Waals surface area (Å²) in [5.74, 6) is 1.50. The van der Waals surface area contributed by atoms with Gasteiger partial charge in [-0.15, -0.1) is 0 Å². The Morgan fingerprint density at radius 3 is 2.47 bits per heavy atom. The van der Waals surface area contributed by atoms with E-state index in [0.29, 0.717) is 5.54 Å². The van der Waals surface area contributed by atoms with Crippen LogP contribution in [0.3, 0.4) is 0 Å². The molecule has 15 heavy (non-hydrogen) atoms. The summed E-state index contributed by atoms with van der Waals surface area (Å²) >= 11 is 0. The predicted molar refractivity (Wildman–Crippen MR) is 66.9 cm³/mol. The molecule has 0 aliphatic heterocycles. The van der Waals surface area contributed by atoms with Gasteiger partial charge in [-0.1, -0.05) is 34.1 Å². The van der Waals surface area contributed by atoms with Gasteiger partial charge in [-0.3, -0.25) is 4.90 Å². The van der Waals surface area contributed by atoms with Gasteiger partial charge in [0, 0.05) is 18.6 Å². The van der Waals surface area contributed by atoms with Crippen molar-refractivity contribution >= 4 is 0 Å². The van der Waals surface area contributed by atoms with Gasteiger partial charge >= 0.3 is 0 Å². The number of likely N-dealkylation sites (N-methyl/N-ethyl adjacent to an activating group) is 1. The van der Waals surface area contributed by atoms with E-state index in [1.165, 1.54) is 25.8 Å². The van der Waals surface area contributed by atoms with Crippen molar-refractivity contribution in [3.63, 3.8) is 0 Å². The summed E-state index contributed by atoms with van der Waals surface area (Å²) in [6, 6.07) is 0. The maximum Gasteiger partial charge on any atom is 0.0357 e. The number of hydrogen-bond donors (Lipinski definition) is 1. The molecule has 0 saturated heterocycles. The summed E-state index contributed by atoms with van der Waals surface area (Å²) in [5.41, 5.74) is 6.37. The number of nitrogens with two attached hydrogens (primary N) is 1. The van der Waals surface area contributed by atoms with Crippen molar-refractivity contribution in [2.24, 2.45) is 17.6 Å². The van der Waals surface area contributed by atoms with Crippen LogP contribution in [0.4, 0.5) is 0 Å². The second-order valence-corrected chi connectivity index (χ2v) is 5.53. The van der Waals surface area contributed by atoms with E-state index >= 15 is 0 Å². The van der Waals surface area contributed by atoms with Crippen LogP contribution in [0.2, 0.25) is 0 Å². The molecule has 0 aromatic heterocycles. The van der Waals surface area contributed by atoms with Gasteiger partial charge in [0.05, 0.1) is 0 Å². The first-order valence-electron chi connectivity index (χ1n) is 6.52. The van der Waals surface area contributed by atoms with E-state index < -0.39 is 0 Å². The standard InChI is InChI=1S/C13H28N2/c1-5-15(9-11(2)3)13(10-14)8-6-7-12(13)4/h11-12H,5-10,14H2,1-4H3. The van der Waals surface area contributed by atoms with E-state index in [0.717, 1.165) is 24.9 Å². The minimum absolute atomic E-state index is 0.305. The predicted octanol–water partition coefficient (Wildman–Crippen LogP) is 2.48. The molecule has 0 amide bonds. The lowest BCUT2D eigenvalue weighted by molar-refractivity contribution is 0.0578. The van der Waals surface area contributed by atoms with Gasteiger partial charge in [-0.2, -0.15) is 0 Å². The van der Waals surface area contributed by atoms with E-state index in [1.807, 2.05) is 0 Å². The van der Waals surface area contributed by atoms with Crippen molar-refractivity contribution in [1.82, 2.24) is 4.90 Å². The molecule has 2 heteroatoms. The first-order chi connectivity index (χ1) is 7.06. The van der Waals surface area contributed by atoms with Crippen LogP contribution in [0.5, 0.6) is 0 Å². The molecule has 0 aromatic rings. The van der Waals surface area contributed by atoms with Crippen molar-refractivity contribution in [3.8, 4) is 0 Å². The number of rotatable bonds is 5. The van der Waals surface area contributed by atoms with Crippen LogP contribution < -0.4 is 5.73 Å². The molecule has 1 fully saturated rings. The lowest BCUT2D eigenvalue weighted by atomic mass is 9.85. The summed E-state index contributed by atoms with van der Waals surface area (Å²) in [7, 11) is 0. The third kappa shape index (κ3) is 2.54.